The molecule has 0 fully saturated rings. The number of allylic oxidation sites excluding steroid dienone is 1. The maximum absolute atomic E-state index is 11.6. The fourth-order valence-electron chi connectivity index (χ4n) is 3.47. The van der Waals surface area contributed by atoms with Crippen molar-refractivity contribution in [1.29, 1.82) is 0 Å². The van der Waals surface area contributed by atoms with E-state index >= 15 is 0 Å². The maximum atomic E-state index is 11.6. The SMILES string of the molecule is CCCCN(CCCC)c1ccc(C(=C=O)Cc2ccc(CN(C)C)cc2)cc1. The van der Waals surface area contributed by atoms with E-state index in [-0.39, 0.29) is 0 Å². The summed E-state index contributed by atoms with van der Waals surface area (Å²) in [6.45, 7) is 7.56. The highest BCUT2D eigenvalue weighted by molar-refractivity contribution is 5.88. The van der Waals surface area contributed by atoms with Gasteiger partial charge in [0.1, 0.15) is 5.94 Å². The highest BCUT2D eigenvalue weighted by Crippen LogP contribution is 2.23. The average Bonchev–Trinajstić information content (AvgIpc) is 2.73. The van der Waals surface area contributed by atoms with Gasteiger partial charge in [-0.05, 0) is 55.8 Å². The zero-order chi connectivity index (χ0) is 21.1. The van der Waals surface area contributed by atoms with Crippen molar-refractivity contribution >= 4 is 17.2 Å². The second kappa shape index (κ2) is 12.3. The Hall–Kier alpha value is -2.35. The fraction of sp³-hybridized carbons (Fsp3) is 0.462. The van der Waals surface area contributed by atoms with Crippen LogP contribution in [0.2, 0.25) is 0 Å². The van der Waals surface area contributed by atoms with Gasteiger partial charge in [0, 0.05) is 37.3 Å². The van der Waals surface area contributed by atoms with Crippen LogP contribution < -0.4 is 4.90 Å². The maximum Gasteiger partial charge on any atom is 0.128 e. The molecule has 0 aliphatic carbocycles. The number of carbonyl (C=O) groups excluding carboxylic acids is 1. The van der Waals surface area contributed by atoms with Crippen molar-refractivity contribution in [2.24, 2.45) is 0 Å². The van der Waals surface area contributed by atoms with Crippen LogP contribution in [-0.2, 0) is 17.8 Å². The van der Waals surface area contributed by atoms with Gasteiger partial charge in [-0.15, -0.1) is 0 Å². The predicted molar refractivity (Wildman–Crippen MR) is 125 cm³/mol. The third kappa shape index (κ3) is 7.53. The fourth-order valence-corrected chi connectivity index (χ4v) is 3.47. The first-order chi connectivity index (χ1) is 14.1. The van der Waals surface area contributed by atoms with E-state index in [2.05, 4.69) is 92.2 Å². The molecule has 3 nitrogen and oxygen atoms in total. The van der Waals surface area contributed by atoms with E-state index < -0.39 is 0 Å². The standard InChI is InChI=1S/C26H36N2O/c1-5-7-17-28(18-8-6-2)26-15-13-24(14-16-26)25(21-29)19-22-9-11-23(12-10-22)20-27(3)4/h9-16H,5-8,17-20H2,1-4H3. The summed E-state index contributed by atoms with van der Waals surface area (Å²) in [5.74, 6) is 2.18. The van der Waals surface area contributed by atoms with Crippen LogP contribution in [0, 0.1) is 0 Å². The first-order valence-electron chi connectivity index (χ1n) is 10.9. The van der Waals surface area contributed by atoms with Crippen LogP contribution in [0.5, 0.6) is 0 Å². The Bertz CT molecular complexity index is 763. The first kappa shape index (κ1) is 22.9. The van der Waals surface area contributed by atoms with E-state index in [1.165, 1.54) is 36.9 Å². The lowest BCUT2D eigenvalue weighted by Crippen LogP contribution is -2.25. The highest BCUT2D eigenvalue weighted by atomic mass is 16.1. The van der Waals surface area contributed by atoms with Gasteiger partial charge in [0.25, 0.3) is 0 Å². The molecule has 0 spiro atoms. The summed E-state index contributed by atoms with van der Waals surface area (Å²) in [7, 11) is 4.13. The van der Waals surface area contributed by atoms with Gasteiger partial charge in [0.15, 0.2) is 0 Å². The number of nitrogens with zero attached hydrogens (tertiary/aromatic N) is 2. The van der Waals surface area contributed by atoms with Gasteiger partial charge in [-0.2, -0.15) is 0 Å². The molecule has 0 heterocycles. The molecule has 0 saturated heterocycles. The molecule has 0 aliphatic rings. The van der Waals surface area contributed by atoms with Crippen molar-refractivity contribution in [2.45, 2.75) is 52.5 Å². The zero-order valence-electron chi connectivity index (χ0n) is 18.6. The van der Waals surface area contributed by atoms with E-state index in [1.807, 2.05) is 0 Å². The molecule has 2 rings (SSSR count). The molecule has 0 amide bonds. The summed E-state index contributed by atoms with van der Waals surface area (Å²) in [4.78, 5) is 16.3. The molecule has 0 unspecified atom stereocenters. The summed E-state index contributed by atoms with van der Waals surface area (Å²) in [5, 5.41) is 0. The summed E-state index contributed by atoms with van der Waals surface area (Å²) in [5.41, 5.74) is 5.34. The number of unbranched alkanes of at least 4 members (excludes halogenated alkanes) is 2. The normalized spacial score (nSPS) is 10.8. The van der Waals surface area contributed by atoms with Gasteiger partial charge in [-0.1, -0.05) is 63.1 Å². The minimum absolute atomic E-state index is 0.612. The molecule has 0 N–H and O–H groups in total. The Morgan fingerprint density at radius 3 is 1.86 bits per heavy atom. The van der Waals surface area contributed by atoms with Crippen molar-refractivity contribution in [3.8, 4) is 0 Å². The van der Waals surface area contributed by atoms with E-state index in [4.69, 9.17) is 0 Å². The average molecular weight is 393 g/mol. The first-order valence-corrected chi connectivity index (χ1v) is 10.9. The number of hydrogen-bond donors (Lipinski definition) is 0. The minimum Gasteiger partial charge on any atom is -0.372 e. The number of rotatable bonds is 12. The third-order valence-electron chi connectivity index (χ3n) is 5.17. The van der Waals surface area contributed by atoms with Gasteiger partial charge >= 0.3 is 0 Å². The van der Waals surface area contributed by atoms with Crippen molar-refractivity contribution in [3.05, 3.63) is 65.2 Å². The molecular formula is C26H36N2O. The summed E-state index contributed by atoms with van der Waals surface area (Å²) in [6, 6.07) is 16.9. The molecule has 0 bridgehead atoms. The van der Waals surface area contributed by atoms with Gasteiger partial charge in [-0.3, -0.25) is 0 Å². The second-order valence-electron chi connectivity index (χ2n) is 8.05. The quantitative estimate of drug-likeness (QED) is 0.439. The number of anilines is 1. The third-order valence-corrected chi connectivity index (χ3v) is 5.17. The van der Waals surface area contributed by atoms with Crippen molar-refractivity contribution in [1.82, 2.24) is 4.90 Å². The van der Waals surface area contributed by atoms with Crippen LogP contribution >= 0.6 is 0 Å². The lowest BCUT2D eigenvalue weighted by atomic mass is 9.98. The number of hydrogen-bond acceptors (Lipinski definition) is 3. The lowest BCUT2D eigenvalue weighted by Gasteiger charge is -2.25. The van der Waals surface area contributed by atoms with Gasteiger partial charge < -0.3 is 9.80 Å². The van der Waals surface area contributed by atoms with Crippen LogP contribution in [0.4, 0.5) is 5.69 Å². The minimum atomic E-state index is 0.612. The molecule has 0 atom stereocenters. The van der Waals surface area contributed by atoms with Crippen molar-refractivity contribution < 1.29 is 4.79 Å². The lowest BCUT2D eigenvalue weighted by molar-refractivity contribution is 0.402. The largest absolute Gasteiger partial charge is 0.372 e. The van der Waals surface area contributed by atoms with Gasteiger partial charge in [-0.25, -0.2) is 4.79 Å². The molecule has 0 aliphatic heterocycles. The Kier molecular flexibility index (Phi) is 9.70. The van der Waals surface area contributed by atoms with E-state index in [9.17, 15) is 4.79 Å². The molecule has 2 aromatic rings. The molecular weight excluding hydrogens is 356 g/mol. The topological polar surface area (TPSA) is 23.6 Å². The smallest absolute Gasteiger partial charge is 0.128 e. The van der Waals surface area contributed by atoms with Gasteiger partial charge in [0.2, 0.25) is 0 Å². The molecule has 0 radical (unpaired) electrons. The Morgan fingerprint density at radius 2 is 1.38 bits per heavy atom. The monoisotopic (exact) mass is 392 g/mol. The Labute approximate surface area is 177 Å². The molecule has 156 valence electrons. The molecule has 2 aromatic carbocycles. The summed E-state index contributed by atoms with van der Waals surface area (Å²) < 4.78 is 0. The molecule has 0 saturated carbocycles. The van der Waals surface area contributed by atoms with Gasteiger partial charge in [0.05, 0.1) is 0 Å². The summed E-state index contributed by atoms with van der Waals surface area (Å²) >= 11 is 0. The molecule has 3 heteroatoms. The second-order valence-corrected chi connectivity index (χ2v) is 8.05. The van der Waals surface area contributed by atoms with Crippen LogP contribution in [0.3, 0.4) is 0 Å². The Balaban J connectivity index is 2.08. The van der Waals surface area contributed by atoms with Crippen molar-refractivity contribution in [2.75, 3.05) is 32.1 Å². The van der Waals surface area contributed by atoms with E-state index in [0.29, 0.717) is 12.0 Å². The van der Waals surface area contributed by atoms with Crippen LogP contribution in [0.1, 0.15) is 56.2 Å². The zero-order valence-corrected chi connectivity index (χ0v) is 18.6. The highest BCUT2D eigenvalue weighted by Gasteiger charge is 2.09. The number of benzene rings is 2. The summed E-state index contributed by atoms with van der Waals surface area (Å²) in [6.07, 6.45) is 5.42. The molecule has 29 heavy (non-hydrogen) atoms. The van der Waals surface area contributed by atoms with E-state index in [1.54, 1.807) is 0 Å². The van der Waals surface area contributed by atoms with Crippen LogP contribution in [-0.4, -0.2) is 38.0 Å². The predicted octanol–water partition coefficient (Wildman–Crippen LogP) is 5.61. The van der Waals surface area contributed by atoms with Crippen LogP contribution in [0.25, 0.3) is 5.57 Å². The molecule has 0 aromatic heterocycles. The van der Waals surface area contributed by atoms with Crippen molar-refractivity contribution in [3.63, 3.8) is 0 Å². The van der Waals surface area contributed by atoms with Crippen LogP contribution in [0.15, 0.2) is 48.5 Å². The van der Waals surface area contributed by atoms with E-state index in [0.717, 1.165) is 30.8 Å². The Morgan fingerprint density at radius 1 is 0.828 bits per heavy atom.